The third-order valence-corrected chi connectivity index (χ3v) is 4.23. The number of rotatable bonds is 5. The first-order chi connectivity index (χ1) is 13.5. The first-order valence-corrected chi connectivity index (χ1v) is 8.54. The summed E-state index contributed by atoms with van der Waals surface area (Å²) in [7, 11) is 5.44. The van der Waals surface area contributed by atoms with Crippen molar-refractivity contribution in [1.82, 2.24) is 10.2 Å². The molecule has 142 valence electrons. The number of furan rings is 1. The fourth-order valence-corrected chi connectivity index (χ4v) is 2.76. The molecule has 2 aromatic carbocycles. The number of fused-ring (bicyclic) bond motifs is 1. The number of nitrogens with zero attached hydrogens (tertiary/aromatic N) is 3. The molecule has 0 aliphatic carbocycles. The second kappa shape index (κ2) is 7.07. The maximum Gasteiger partial charge on any atom is 0.322 e. The lowest BCUT2D eigenvalue weighted by molar-refractivity contribution is 0.102. The Kier molecular flexibility index (Phi) is 4.44. The quantitative estimate of drug-likeness (QED) is 0.564. The summed E-state index contributed by atoms with van der Waals surface area (Å²) in [6, 6.07) is 14.5. The van der Waals surface area contributed by atoms with Crippen LogP contribution in [0, 0.1) is 0 Å². The number of carbonyl (C=O) groups is 1. The maximum absolute atomic E-state index is 12.4. The SMILES string of the molecule is COc1cccc2cc(-c3nnc(NC(=O)c4ccc(N(C)C)cc4)o3)oc12. The van der Waals surface area contributed by atoms with E-state index in [0.717, 1.165) is 11.1 Å². The van der Waals surface area contributed by atoms with Crippen molar-refractivity contribution >= 4 is 28.6 Å². The Morgan fingerprint density at radius 3 is 2.57 bits per heavy atom. The molecule has 0 radical (unpaired) electrons. The largest absolute Gasteiger partial charge is 0.493 e. The van der Waals surface area contributed by atoms with E-state index in [1.165, 1.54) is 0 Å². The van der Waals surface area contributed by atoms with Crippen LogP contribution in [0.3, 0.4) is 0 Å². The van der Waals surface area contributed by atoms with Crippen LogP contribution < -0.4 is 15.0 Å². The number of methoxy groups -OCH3 is 1. The zero-order valence-corrected chi connectivity index (χ0v) is 15.6. The third-order valence-electron chi connectivity index (χ3n) is 4.23. The highest BCUT2D eigenvalue weighted by Crippen LogP contribution is 2.33. The molecule has 0 aliphatic rings. The molecule has 2 aromatic heterocycles. The summed E-state index contributed by atoms with van der Waals surface area (Å²) in [4.78, 5) is 14.3. The molecule has 1 amide bonds. The molecular formula is C20H18N4O4. The number of para-hydroxylation sites is 1. The molecule has 2 heterocycles. The van der Waals surface area contributed by atoms with Crippen molar-refractivity contribution < 1.29 is 18.4 Å². The van der Waals surface area contributed by atoms with E-state index < -0.39 is 0 Å². The maximum atomic E-state index is 12.4. The van der Waals surface area contributed by atoms with Crippen LogP contribution in [0.1, 0.15) is 10.4 Å². The number of amides is 1. The molecule has 8 nitrogen and oxygen atoms in total. The summed E-state index contributed by atoms with van der Waals surface area (Å²) in [5.41, 5.74) is 2.07. The van der Waals surface area contributed by atoms with Gasteiger partial charge in [0, 0.05) is 30.7 Å². The van der Waals surface area contributed by atoms with Crippen LogP contribution in [0.5, 0.6) is 5.75 Å². The van der Waals surface area contributed by atoms with E-state index in [4.69, 9.17) is 13.6 Å². The van der Waals surface area contributed by atoms with Crippen molar-refractivity contribution in [3.8, 4) is 17.4 Å². The van der Waals surface area contributed by atoms with Gasteiger partial charge in [0.2, 0.25) is 0 Å². The summed E-state index contributed by atoms with van der Waals surface area (Å²) >= 11 is 0. The van der Waals surface area contributed by atoms with Gasteiger partial charge in [-0.2, -0.15) is 0 Å². The van der Waals surface area contributed by atoms with E-state index in [0.29, 0.717) is 22.7 Å². The van der Waals surface area contributed by atoms with Crippen LogP contribution in [-0.4, -0.2) is 37.3 Å². The van der Waals surface area contributed by atoms with Crippen LogP contribution in [0.15, 0.2) is 57.4 Å². The van der Waals surface area contributed by atoms with Crippen molar-refractivity contribution in [2.24, 2.45) is 0 Å². The summed E-state index contributed by atoms with van der Waals surface area (Å²) in [5, 5.41) is 11.3. The number of anilines is 2. The molecule has 0 unspecified atom stereocenters. The Morgan fingerprint density at radius 1 is 1.07 bits per heavy atom. The van der Waals surface area contributed by atoms with Gasteiger partial charge in [0.15, 0.2) is 17.1 Å². The van der Waals surface area contributed by atoms with E-state index in [2.05, 4.69) is 15.5 Å². The normalized spacial score (nSPS) is 10.8. The number of carbonyl (C=O) groups excluding carboxylic acids is 1. The summed E-state index contributed by atoms with van der Waals surface area (Å²) in [6.07, 6.45) is 0. The molecule has 0 saturated carbocycles. The lowest BCUT2D eigenvalue weighted by Crippen LogP contribution is -2.13. The molecule has 4 rings (SSSR count). The van der Waals surface area contributed by atoms with Crippen LogP contribution in [0.2, 0.25) is 0 Å². The molecule has 0 spiro atoms. The predicted molar refractivity (Wildman–Crippen MR) is 105 cm³/mol. The molecule has 8 heteroatoms. The van der Waals surface area contributed by atoms with Crippen molar-refractivity contribution in [3.63, 3.8) is 0 Å². The molecule has 0 fully saturated rings. The van der Waals surface area contributed by atoms with Gasteiger partial charge in [0.25, 0.3) is 11.8 Å². The highest BCUT2D eigenvalue weighted by molar-refractivity contribution is 6.03. The zero-order chi connectivity index (χ0) is 19.7. The third kappa shape index (κ3) is 3.27. The minimum atomic E-state index is -0.341. The number of benzene rings is 2. The van der Waals surface area contributed by atoms with Gasteiger partial charge in [0.05, 0.1) is 7.11 Å². The van der Waals surface area contributed by atoms with E-state index in [-0.39, 0.29) is 17.8 Å². The van der Waals surface area contributed by atoms with E-state index >= 15 is 0 Å². The lowest BCUT2D eigenvalue weighted by atomic mass is 10.2. The van der Waals surface area contributed by atoms with E-state index in [9.17, 15) is 4.79 Å². The predicted octanol–water partition coefficient (Wildman–Crippen LogP) is 3.81. The number of ether oxygens (including phenoxy) is 1. The number of aromatic nitrogens is 2. The zero-order valence-electron chi connectivity index (χ0n) is 15.6. The second-order valence-corrected chi connectivity index (χ2v) is 6.30. The van der Waals surface area contributed by atoms with Crippen molar-refractivity contribution in [2.75, 3.05) is 31.4 Å². The fraction of sp³-hybridized carbons (Fsp3) is 0.150. The van der Waals surface area contributed by atoms with E-state index in [1.54, 1.807) is 31.4 Å². The van der Waals surface area contributed by atoms with Crippen molar-refractivity contribution in [2.45, 2.75) is 0 Å². The Hall–Kier alpha value is -3.81. The molecule has 0 atom stereocenters. The van der Waals surface area contributed by atoms with Crippen molar-refractivity contribution in [1.29, 1.82) is 0 Å². The van der Waals surface area contributed by atoms with Crippen molar-refractivity contribution in [3.05, 3.63) is 54.1 Å². The Balaban J connectivity index is 1.53. The Morgan fingerprint density at radius 2 is 1.86 bits per heavy atom. The number of nitrogens with one attached hydrogen (secondary N) is 1. The van der Waals surface area contributed by atoms with Gasteiger partial charge in [-0.25, -0.2) is 0 Å². The molecular weight excluding hydrogens is 360 g/mol. The second-order valence-electron chi connectivity index (χ2n) is 6.30. The summed E-state index contributed by atoms with van der Waals surface area (Å²) in [6.45, 7) is 0. The molecule has 4 aromatic rings. The fourth-order valence-electron chi connectivity index (χ4n) is 2.76. The van der Waals surface area contributed by atoms with Gasteiger partial charge in [-0.05, 0) is 36.4 Å². The average molecular weight is 378 g/mol. The first-order valence-electron chi connectivity index (χ1n) is 8.54. The Bertz CT molecular complexity index is 1130. The van der Waals surface area contributed by atoms with Gasteiger partial charge in [-0.3, -0.25) is 10.1 Å². The first kappa shape index (κ1) is 17.6. The lowest BCUT2D eigenvalue weighted by Gasteiger charge is -2.12. The molecule has 28 heavy (non-hydrogen) atoms. The van der Waals surface area contributed by atoms with Crippen LogP contribution >= 0.6 is 0 Å². The Labute approximate surface area is 160 Å². The molecule has 0 bridgehead atoms. The topological polar surface area (TPSA) is 93.6 Å². The van der Waals surface area contributed by atoms with Gasteiger partial charge >= 0.3 is 6.01 Å². The summed E-state index contributed by atoms with van der Waals surface area (Å²) in [5.74, 6) is 0.823. The minimum Gasteiger partial charge on any atom is -0.493 e. The van der Waals surface area contributed by atoms with Crippen LogP contribution in [-0.2, 0) is 0 Å². The van der Waals surface area contributed by atoms with Gasteiger partial charge in [-0.15, -0.1) is 5.10 Å². The van der Waals surface area contributed by atoms with Crippen LogP contribution in [0.25, 0.3) is 22.6 Å². The smallest absolute Gasteiger partial charge is 0.322 e. The van der Waals surface area contributed by atoms with Gasteiger partial charge in [0.1, 0.15) is 0 Å². The minimum absolute atomic E-state index is 0.0101. The van der Waals surface area contributed by atoms with Gasteiger partial charge in [-0.1, -0.05) is 17.2 Å². The van der Waals surface area contributed by atoms with Crippen LogP contribution in [0.4, 0.5) is 11.7 Å². The highest BCUT2D eigenvalue weighted by atomic mass is 16.5. The monoisotopic (exact) mass is 378 g/mol. The standard InChI is InChI=1S/C20H18N4O4/c1-24(2)14-9-7-12(8-10-14)18(25)21-20-23-22-19(28-20)16-11-13-5-4-6-15(26-3)17(13)27-16/h4-11H,1-3H3,(H,21,23,25). The number of hydrogen-bond acceptors (Lipinski definition) is 7. The highest BCUT2D eigenvalue weighted by Gasteiger charge is 2.17. The number of hydrogen-bond donors (Lipinski definition) is 1. The summed E-state index contributed by atoms with van der Waals surface area (Å²) < 4.78 is 16.6. The average Bonchev–Trinajstić information content (AvgIpc) is 3.34. The molecule has 1 N–H and O–H groups in total. The molecule has 0 saturated heterocycles. The van der Waals surface area contributed by atoms with Gasteiger partial charge < -0.3 is 18.5 Å². The molecule has 0 aliphatic heterocycles. The van der Waals surface area contributed by atoms with E-state index in [1.807, 2.05) is 43.3 Å².